The van der Waals surface area contributed by atoms with Crippen LogP contribution in [-0.2, 0) is 0 Å². The maximum atomic E-state index is 5.50. The summed E-state index contributed by atoms with van der Waals surface area (Å²) in [6.45, 7) is 6.41. The van der Waals surface area contributed by atoms with E-state index < -0.39 is 0 Å². The highest BCUT2D eigenvalue weighted by Gasteiger charge is 2.09. The average Bonchev–Trinajstić information content (AvgIpc) is 2.29. The van der Waals surface area contributed by atoms with Gasteiger partial charge >= 0.3 is 0 Å². The third-order valence-corrected chi connectivity index (χ3v) is 2.81. The van der Waals surface area contributed by atoms with Gasteiger partial charge < -0.3 is 0 Å². The van der Waals surface area contributed by atoms with E-state index in [1.165, 1.54) is 11.1 Å². The van der Waals surface area contributed by atoms with E-state index in [1.54, 1.807) is 0 Å². The first-order chi connectivity index (χ1) is 7.67. The summed E-state index contributed by atoms with van der Waals surface area (Å²) in [6.07, 6.45) is 7.64. The monoisotopic (exact) mass is 215 g/mol. The van der Waals surface area contributed by atoms with Crippen molar-refractivity contribution in [1.82, 2.24) is 5.32 Å². The van der Waals surface area contributed by atoms with Crippen LogP contribution in [0.1, 0.15) is 43.9 Å². The second-order valence-electron chi connectivity index (χ2n) is 4.31. The van der Waals surface area contributed by atoms with Gasteiger partial charge in [0.05, 0.1) is 6.04 Å². The van der Waals surface area contributed by atoms with Crippen molar-refractivity contribution in [2.75, 3.05) is 0 Å². The lowest BCUT2D eigenvalue weighted by Gasteiger charge is -2.19. The molecule has 0 saturated carbocycles. The molecule has 1 heteroatoms. The molecule has 0 heterocycles. The minimum absolute atomic E-state index is 0.182. The van der Waals surface area contributed by atoms with Gasteiger partial charge in [0.15, 0.2) is 0 Å². The van der Waals surface area contributed by atoms with Gasteiger partial charge in [-0.2, -0.15) is 0 Å². The van der Waals surface area contributed by atoms with Crippen LogP contribution in [0, 0.1) is 19.3 Å². The molecule has 0 fully saturated rings. The summed E-state index contributed by atoms with van der Waals surface area (Å²) >= 11 is 0. The summed E-state index contributed by atoms with van der Waals surface area (Å²) in [4.78, 5) is 0. The summed E-state index contributed by atoms with van der Waals surface area (Å²) in [7, 11) is 0. The lowest BCUT2D eigenvalue weighted by molar-refractivity contribution is 0.495. The predicted octanol–water partition coefficient (Wildman–Crippen LogP) is 3.45. The Hall–Kier alpha value is -1.26. The lowest BCUT2D eigenvalue weighted by Crippen LogP contribution is -2.30. The molecule has 1 rings (SSSR count). The minimum atomic E-state index is 0.182. The molecule has 0 aliphatic rings. The highest BCUT2D eigenvalue weighted by molar-refractivity contribution is 5.24. The molecule has 0 aromatic heterocycles. The smallest absolute Gasteiger partial charge is 0.0691 e. The molecular formula is C15H21N. The van der Waals surface area contributed by atoms with Gasteiger partial charge in [0.2, 0.25) is 0 Å². The first-order valence-electron chi connectivity index (χ1n) is 5.96. The third kappa shape index (κ3) is 3.72. The molecule has 1 aromatic rings. The van der Waals surface area contributed by atoms with Crippen molar-refractivity contribution in [2.45, 2.75) is 45.7 Å². The van der Waals surface area contributed by atoms with Gasteiger partial charge in [-0.1, -0.05) is 49.1 Å². The van der Waals surface area contributed by atoms with E-state index in [0.717, 1.165) is 12.8 Å². The zero-order valence-electron chi connectivity index (χ0n) is 10.5. The molecule has 1 N–H and O–H groups in total. The molecule has 2 unspecified atom stereocenters. The molecule has 0 aliphatic heterocycles. The van der Waals surface area contributed by atoms with Crippen LogP contribution in [-0.4, -0.2) is 6.04 Å². The fourth-order valence-electron chi connectivity index (χ4n) is 1.76. The Kier molecular flexibility index (Phi) is 5.08. The van der Waals surface area contributed by atoms with Crippen molar-refractivity contribution in [3.8, 4) is 12.3 Å². The van der Waals surface area contributed by atoms with Gasteiger partial charge in [-0.05, 0) is 25.8 Å². The predicted molar refractivity (Wildman–Crippen MR) is 70.3 cm³/mol. The van der Waals surface area contributed by atoms with E-state index in [4.69, 9.17) is 6.42 Å². The van der Waals surface area contributed by atoms with Crippen LogP contribution in [0.4, 0.5) is 0 Å². The Morgan fingerprint density at radius 2 is 1.94 bits per heavy atom. The van der Waals surface area contributed by atoms with Crippen molar-refractivity contribution in [2.24, 2.45) is 0 Å². The Morgan fingerprint density at radius 1 is 1.31 bits per heavy atom. The summed E-state index contributed by atoms with van der Waals surface area (Å²) in [5, 5.41) is 3.47. The summed E-state index contributed by atoms with van der Waals surface area (Å²) in [6, 6.07) is 9.09. The van der Waals surface area contributed by atoms with E-state index in [-0.39, 0.29) is 6.04 Å². The summed E-state index contributed by atoms with van der Waals surface area (Å²) < 4.78 is 0. The number of hydrogen-bond donors (Lipinski definition) is 1. The Labute approximate surface area is 99.3 Å². The van der Waals surface area contributed by atoms with Gasteiger partial charge in [-0.25, -0.2) is 0 Å². The van der Waals surface area contributed by atoms with Crippen molar-refractivity contribution >= 4 is 0 Å². The molecule has 86 valence electrons. The van der Waals surface area contributed by atoms with Gasteiger partial charge in [-0.3, -0.25) is 5.32 Å². The minimum Gasteiger partial charge on any atom is -0.297 e. The van der Waals surface area contributed by atoms with Gasteiger partial charge in [-0.15, -0.1) is 6.42 Å². The highest BCUT2D eigenvalue weighted by Crippen LogP contribution is 2.14. The quantitative estimate of drug-likeness (QED) is 0.742. The van der Waals surface area contributed by atoms with Gasteiger partial charge in [0, 0.05) is 6.04 Å². The molecule has 0 aliphatic carbocycles. The van der Waals surface area contributed by atoms with Crippen molar-refractivity contribution < 1.29 is 0 Å². The van der Waals surface area contributed by atoms with E-state index in [2.05, 4.69) is 56.3 Å². The molecule has 16 heavy (non-hydrogen) atoms. The first kappa shape index (κ1) is 12.8. The van der Waals surface area contributed by atoms with Crippen LogP contribution in [0.25, 0.3) is 0 Å². The molecule has 2 atom stereocenters. The average molecular weight is 215 g/mol. The van der Waals surface area contributed by atoms with E-state index in [1.807, 2.05) is 0 Å². The van der Waals surface area contributed by atoms with Gasteiger partial charge in [0.25, 0.3) is 0 Å². The summed E-state index contributed by atoms with van der Waals surface area (Å²) in [5.41, 5.74) is 2.58. The second-order valence-corrected chi connectivity index (χ2v) is 4.31. The number of aryl methyl sites for hydroxylation is 1. The standard InChI is InChI=1S/C15H21N/c1-5-7-15(6-2)16-13(4)14-10-8-12(3)9-11-14/h2,8-11,13,15-16H,5,7H2,1,3-4H3. The Morgan fingerprint density at radius 3 is 2.44 bits per heavy atom. The van der Waals surface area contributed by atoms with E-state index in [0.29, 0.717) is 6.04 Å². The molecule has 0 saturated heterocycles. The molecular weight excluding hydrogens is 194 g/mol. The van der Waals surface area contributed by atoms with Gasteiger partial charge in [0.1, 0.15) is 0 Å². The van der Waals surface area contributed by atoms with Crippen molar-refractivity contribution in [3.63, 3.8) is 0 Å². The van der Waals surface area contributed by atoms with Crippen molar-refractivity contribution in [3.05, 3.63) is 35.4 Å². The molecule has 0 radical (unpaired) electrons. The molecule has 0 amide bonds. The van der Waals surface area contributed by atoms with E-state index >= 15 is 0 Å². The van der Waals surface area contributed by atoms with Crippen LogP contribution in [0.3, 0.4) is 0 Å². The number of nitrogens with one attached hydrogen (secondary N) is 1. The van der Waals surface area contributed by atoms with Crippen LogP contribution in [0.2, 0.25) is 0 Å². The number of rotatable bonds is 5. The number of benzene rings is 1. The van der Waals surface area contributed by atoms with Crippen LogP contribution in [0.15, 0.2) is 24.3 Å². The largest absolute Gasteiger partial charge is 0.297 e. The van der Waals surface area contributed by atoms with E-state index in [9.17, 15) is 0 Å². The SMILES string of the molecule is C#CC(CCC)NC(C)c1ccc(C)cc1. The van der Waals surface area contributed by atoms with Crippen LogP contribution < -0.4 is 5.32 Å². The normalized spacial score (nSPS) is 14.1. The fourth-order valence-corrected chi connectivity index (χ4v) is 1.76. The number of terminal acetylenes is 1. The summed E-state index contributed by atoms with van der Waals surface area (Å²) in [5.74, 6) is 2.80. The maximum absolute atomic E-state index is 5.50. The second kappa shape index (κ2) is 6.35. The van der Waals surface area contributed by atoms with Crippen molar-refractivity contribution in [1.29, 1.82) is 0 Å². The Bertz CT molecular complexity index is 345. The Balaban J connectivity index is 2.61. The highest BCUT2D eigenvalue weighted by atomic mass is 14.9. The zero-order valence-corrected chi connectivity index (χ0v) is 10.5. The first-order valence-corrected chi connectivity index (χ1v) is 5.96. The molecule has 1 aromatic carbocycles. The topological polar surface area (TPSA) is 12.0 Å². The molecule has 0 bridgehead atoms. The maximum Gasteiger partial charge on any atom is 0.0691 e. The molecule has 1 nitrogen and oxygen atoms in total. The number of hydrogen-bond acceptors (Lipinski definition) is 1. The molecule has 0 spiro atoms. The fraction of sp³-hybridized carbons (Fsp3) is 0.467. The lowest BCUT2D eigenvalue weighted by atomic mass is 10.0. The van der Waals surface area contributed by atoms with Crippen LogP contribution >= 0.6 is 0 Å². The zero-order chi connectivity index (χ0) is 12.0. The third-order valence-electron chi connectivity index (χ3n) is 2.81. The van der Waals surface area contributed by atoms with Crippen LogP contribution in [0.5, 0.6) is 0 Å².